The zero-order chi connectivity index (χ0) is 20.0. The van der Waals surface area contributed by atoms with Gasteiger partial charge in [0.15, 0.2) is 11.7 Å². The van der Waals surface area contributed by atoms with Gasteiger partial charge in [-0.1, -0.05) is 36.8 Å². The number of hydrogen-bond donors (Lipinski definition) is 2. The van der Waals surface area contributed by atoms with Gasteiger partial charge in [-0.15, -0.1) is 24.0 Å². The van der Waals surface area contributed by atoms with E-state index in [1.807, 2.05) is 26.0 Å². The van der Waals surface area contributed by atoms with E-state index in [2.05, 4.69) is 39.8 Å². The summed E-state index contributed by atoms with van der Waals surface area (Å²) in [6, 6.07) is 8.25. The van der Waals surface area contributed by atoms with E-state index >= 15 is 0 Å². The van der Waals surface area contributed by atoms with Crippen molar-refractivity contribution in [1.82, 2.24) is 20.4 Å². The minimum atomic E-state index is -4.49. The third kappa shape index (κ3) is 6.99. The van der Waals surface area contributed by atoms with Crippen LogP contribution in [0.15, 0.2) is 35.5 Å². The first-order chi connectivity index (χ1) is 12.7. The number of aryl methyl sites for hydroxylation is 2. The predicted molar refractivity (Wildman–Crippen MR) is 116 cm³/mol. The number of guanidine groups is 1. The Bertz CT molecular complexity index is 786. The highest BCUT2D eigenvalue weighted by molar-refractivity contribution is 14.0. The van der Waals surface area contributed by atoms with Crippen LogP contribution >= 0.6 is 24.0 Å². The van der Waals surface area contributed by atoms with Crippen molar-refractivity contribution in [2.24, 2.45) is 12.0 Å². The molecule has 28 heavy (non-hydrogen) atoms. The number of nitrogens with one attached hydrogen (secondary N) is 2. The first-order valence-electron chi connectivity index (χ1n) is 8.89. The summed E-state index contributed by atoms with van der Waals surface area (Å²) in [4.78, 5) is 4.30. The van der Waals surface area contributed by atoms with E-state index in [1.165, 1.54) is 24.4 Å². The highest BCUT2D eigenvalue weighted by Crippen LogP contribution is 2.30. The van der Waals surface area contributed by atoms with Gasteiger partial charge in [0.05, 0.1) is 6.54 Å². The molecule has 0 radical (unpaired) electrons. The second kappa shape index (κ2) is 10.7. The van der Waals surface area contributed by atoms with Gasteiger partial charge >= 0.3 is 6.18 Å². The number of hydrogen-bond acceptors (Lipinski definition) is 2. The molecular weight excluding hydrogens is 482 g/mol. The van der Waals surface area contributed by atoms with E-state index in [1.54, 1.807) is 0 Å². The molecule has 5 nitrogen and oxygen atoms in total. The summed E-state index contributed by atoms with van der Waals surface area (Å²) in [7, 11) is 1.47. The maximum Gasteiger partial charge on any atom is 0.435 e. The van der Waals surface area contributed by atoms with Crippen molar-refractivity contribution in [3.8, 4) is 0 Å². The average Bonchev–Trinajstić information content (AvgIpc) is 2.98. The fourth-order valence-corrected chi connectivity index (χ4v) is 2.74. The highest BCUT2D eigenvalue weighted by atomic mass is 127. The van der Waals surface area contributed by atoms with Crippen LogP contribution in [0.4, 0.5) is 13.2 Å². The van der Waals surface area contributed by atoms with E-state index in [-0.39, 0.29) is 42.0 Å². The van der Waals surface area contributed by atoms with Gasteiger partial charge in [-0.2, -0.15) is 18.3 Å². The van der Waals surface area contributed by atoms with E-state index in [9.17, 15) is 13.2 Å². The fraction of sp³-hybridized carbons (Fsp3) is 0.474. The molecule has 1 atom stereocenters. The summed E-state index contributed by atoms with van der Waals surface area (Å²) in [6.07, 6.45) is -3.14. The lowest BCUT2D eigenvalue weighted by molar-refractivity contribution is -0.142. The third-order valence-corrected chi connectivity index (χ3v) is 4.11. The molecule has 0 aliphatic carbocycles. The quantitative estimate of drug-likeness (QED) is 0.349. The van der Waals surface area contributed by atoms with E-state index in [0.717, 1.165) is 4.68 Å². The lowest BCUT2D eigenvalue weighted by Gasteiger charge is -2.16. The topological polar surface area (TPSA) is 54.2 Å². The number of aromatic nitrogens is 2. The monoisotopic (exact) mass is 509 g/mol. The summed E-state index contributed by atoms with van der Waals surface area (Å²) in [5.74, 6) is 0.715. The molecule has 2 aromatic rings. The Labute approximate surface area is 180 Å². The molecule has 1 heterocycles. The van der Waals surface area contributed by atoms with E-state index < -0.39 is 11.9 Å². The Balaban J connectivity index is 0.00000392. The number of rotatable bonds is 6. The largest absolute Gasteiger partial charge is 0.435 e. The molecule has 0 aliphatic rings. The summed E-state index contributed by atoms with van der Waals surface area (Å²) < 4.78 is 40.3. The van der Waals surface area contributed by atoms with Gasteiger partial charge in [0, 0.05) is 31.9 Å². The van der Waals surface area contributed by atoms with Crippen molar-refractivity contribution in [2.75, 3.05) is 13.1 Å². The standard InChI is InChI=1S/C19H26F3N5.HI/c1-5-23-18(24-10-14(3)15-8-6-7-13(2)9-15)25-11-16-12-27(4)26-17(16)19(20,21)22;/h6-9,12,14H,5,10-11H2,1-4H3,(H2,23,24,25);1H. The maximum absolute atomic E-state index is 13.1. The van der Waals surface area contributed by atoms with Crippen molar-refractivity contribution in [1.29, 1.82) is 0 Å². The Morgan fingerprint density at radius 1 is 1.29 bits per heavy atom. The second-order valence-electron chi connectivity index (χ2n) is 6.57. The van der Waals surface area contributed by atoms with E-state index in [4.69, 9.17) is 0 Å². The molecule has 2 N–H and O–H groups in total. The van der Waals surface area contributed by atoms with Crippen LogP contribution in [-0.2, 0) is 19.8 Å². The number of benzene rings is 1. The molecule has 1 aromatic heterocycles. The smallest absolute Gasteiger partial charge is 0.357 e. The van der Waals surface area contributed by atoms with Crippen LogP contribution in [-0.4, -0.2) is 28.8 Å². The molecule has 0 spiro atoms. The van der Waals surface area contributed by atoms with Gasteiger partial charge in [-0.05, 0) is 25.3 Å². The normalized spacial score (nSPS) is 13.0. The van der Waals surface area contributed by atoms with Crippen LogP contribution in [0.5, 0.6) is 0 Å². The van der Waals surface area contributed by atoms with Crippen molar-refractivity contribution in [2.45, 2.75) is 39.4 Å². The SMILES string of the molecule is CCNC(=NCc1cn(C)nc1C(F)(F)F)NCC(C)c1cccc(C)c1.I. The van der Waals surface area contributed by atoms with Gasteiger partial charge < -0.3 is 10.6 Å². The van der Waals surface area contributed by atoms with Crippen LogP contribution in [0.2, 0.25) is 0 Å². The van der Waals surface area contributed by atoms with Crippen molar-refractivity contribution in [3.63, 3.8) is 0 Å². The molecule has 9 heteroatoms. The first-order valence-corrected chi connectivity index (χ1v) is 8.89. The van der Waals surface area contributed by atoms with Gasteiger partial charge in [-0.3, -0.25) is 4.68 Å². The van der Waals surface area contributed by atoms with Crippen molar-refractivity contribution in [3.05, 3.63) is 52.8 Å². The van der Waals surface area contributed by atoms with Crippen molar-refractivity contribution >= 4 is 29.9 Å². The maximum atomic E-state index is 13.1. The zero-order valence-corrected chi connectivity index (χ0v) is 18.8. The molecule has 1 unspecified atom stereocenters. The predicted octanol–water partition coefficient (Wildman–Crippen LogP) is 4.22. The molecular formula is C19H27F3IN5. The Morgan fingerprint density at radius 2 is 2.00 bits per heavy atom. The van der Waals surface area contributed by atoms with Gasteiger partial charge in [-0.25, -0.2) is 4.99 Å². The fourth-order valence-electron chi connectivity index (χ4n) is 2.74. The summed E-state index contributed by atoms with van der Waals surface area (Å²) in [5.41, 5.74) is 1.55. The number of halogens is 4. The summed E-state index contributed by atoms with van der Waals surface area (Å²) in [6.45, 7) is 7.18. The van der Waals surface area contributed by atoms with Gasteiger partial charge in [0.25, 0.3) is 0 Å². The molecule has 156 valence electrons. The summed E-state index contributed by atoms with van der Waals surface area (Å²) in [5, 5.41) is 9.78. The first kappa shape index (κ1) is 24.3. The minimum Gasteiger partial charge on any atom is -0.357 e. The van der Waals surface area contributed by atoms with E-state index in [0.29, 0.717) is 19.0 Å². The molecule has 0 amide bonds. The Morgan fingerprint density at radius 3 is 2.61 bits per heavy atom. The number of nitrogens with zero attached hydrogens (tertiary/aromatic N) is 3. The van der Waals surface area contributed by atoms with Gasteiger partial charge in [0.2, 0.25) is 0 Å². The number of alkyl halides is 3. The van der Waals surface area contributed by atoms with Crippen LogP contribution < -0.4 is 10.6 Å². The average molecular weight is 509 g/mol. The molecule has 0 saturated carbocycles. The molecule has 0 aliphatic heterocycles. The second-order valence-corrected chi connectivity index (χ2v) is 6.57. The lowest BCUT2D eigenvalue weighted by Crippen LogP contribution is -2.39. The molecule has 0 saturated heterocycles. The number of aliphatic imine (C=N–C) groups is 1. The molecule has 0 fully saturated rings. The Kier molecular flexibility index (Phi) is 9.25. The van der Waals surface area contributed by atoms with Crippen LogP contribution in [0.25, 0.3) is 0 Å². The summed E-state index contributed by atoms with van der Waals surface area (Å²) >= 11 is 0. The minimum absolute atomic E-state index is 0. The zero-order valence-electron chi connectivity index (χ0n) is 16.5. The molecule has 1 aromatic carbocycles. The van der Waals surface area contributed by atoms with Crippen LogP contribution in [0, 0.1) is 6.92 Å². The lowest BCUT2D eigenvalue weighted by atomic mass is 9.99. The van der Waals surface area contributed by atoms with Crippen LogP contribution in [0.1, 0.15) is 42.1 Å². The molecule has 0 bridgehead atoms. The molecule has 2 rings (SSSR count). The van der Waals surface area contributed by atoms with Crippen LogP contribution in [0.3, 0.4) is 0 Å². The highest BCUT2D eigenvalue weighted by Gasteiger charge is 2.36. The third-order valence-electron chi connectivity index (χ3n) is 4.11. The Hall–Kier alpha value is -1.78. The van der Waals surface area contributed by atoms with Crippen molar-refractivity contribution < 1.29 is 13.2 Å². The van der Waals surface area contributed by atoms with Gasteiger partial charge in [0.1, 0.15) is 0 Å².